The van der Waals surface area contributed by atoms with Crippen molar-refractivity contribution in [2.45, 2.75) is 57.6 Å². The molecule has 2 unspecified atom stereocenters. The first kappa shape index (κ1) is 14.5. The SMILES string of the molecule is CCc1ccc(C(CCC2CCCCO2)NC)cc1. The summed E-state index contributed by atoms with van der Waals surface area (Å²) in [5.74, 6) is 0. The molecule has 2 nitrogen and oxygen atoms in total. The van der Waals surface area contributed by atoms with E-state index in [4.69, 9.17) is 4.74 Å². The molecule has 0 amide bonds. The van der Waals surface area contributed by atoms with Crippen molar-refractivity contribution in [3.8, 4) is 0 Å². The Hall–Kier alpha value is -0.860. The highest BCUT2D eigenvalue weighted by atomic mass is 16.5. The first-order chi connectivity index (χ1) is 9.33. The summed E-state index contributed by atoms with van der Waals surface area (Å²) in [6.45, 7) is 3.16. The van der Waals surface area contributed by atoms with E-state index >= 15 is 0 Å². The van der Waals surface area contributed by atoms with Gasteiger partial charge in [-0.3, -0.25) is 0 Å². The Bertz CT molecular complexity index is 354. The van der Waals surface area contributed by atoms with Crippen LogP contribution in [0.4, 0.5) is 0 Å². The van der Waals surface area contributed by atoms with Crippen LogP contribution >= 0.6 is 0 Å². The van der Waals surface area contributed by atoms with Gasteiger partial charge in [-0.1, -0.05) is 31.2 Å². The first-order valence-corrected chi connectivity index (χ1v) is 7.71. The quantitative estimate of drug-likeness (QED) is 0.839. The molecule has 0 aliphatic carbocycles. The normalized spacial score (nSPS) is 21.3. The highest BCUT2D eigenvalue weighted by Gasteiger charge is 2.16. The zero-order chi connectivity index (χ0) is 13.5. The van der Waals surface area contributed by atoms with E-state index in [1.54, 1.807) is 0 Å². The number of hydrogen-bond donors (Lipinski definition) is 1. The van der Waals surface area contributed by atoms with Crippen LogP contribution in [-0.4, -0.2) is 19.8 Å². The van der Waals surface area contributed by atoms with Crippen molar-refractivity contribution in [1.29, 1.82) is 0 Å². The van der Waals surface area contributed by atoms with Crippen LogP contribution in [0.1, 0.15) is 56.2 Å². The molecule has 0 bridgehead atoms. The summed E-state index contributed by atoms with van der Waals surface area (Å²) >= 11 is 0. The fraction of sp³-hybridized carbons (Fsp3) is 0.647. The Morgan fingerprint density at radius 1 is 1.26 bits per heavy atom. The molecule has 106 valence electrons. The van der Waals surface area contributed by atoms with Gasteiger partial charge in [-0.2, -0.15) is 0 Å². The molecule has 1 aliphatic rings. The molecule has 1 saturated heterocycles. The molecule has 1 aliphatic heterocycles. The predicted molar refractivity (Wildman–Crippen MR) is 80.4 cm³/mol. The Balaban J connectivity index is 1.87. The van der Waals surface area contributed by atoms with Gasteiger partial charge in [-0.15, -0.1) is 0 Å². The van der Waals surface area contributed by atoms with Crippen LogP contribution in [0.5, 0.6) is 0 Å². The van der Waals surface area contributed by atoms with Gasteiger partial charge in [-0.05, 0) is 56.7 Å². The second-order valence-corrected chi connectivity index (χ2v) is 5.50. The van der Waals surface area contributed by atoms with Crippen molar-refractivity contribution in [3.63, 3.8) is 0 Å². The number of rotatable bonds is 6. The molecule has 0 saturated carbocycles. The average molecular weight is 261 g/mol. The van der Waals surface area contributed by atoms with Crippen molar-refractivity contribution in [1.82, 2.24) is 5.32 Å². The zero-order valence-corrected chi connectivity index (χ0v) is 12.3. The highest BCUT2D eigenvalue weighted by molar-refractivity contribution is 5.25. The van der Waals surface area contributed by atoms with E-state index in [1.807, 2.05) is 0 Å². The molecule has 0 aromatic heterocycles. The van der Waals surface area contributed by atoms with E-state index in [1.165, 1.54) is 36.8 Å². The van der Waals surface area contributed by atoms with E-state index in [0.717, 1.165) is 19.4 Å². The van der Waals surface area contributed by atoms with Crippen molar-refractivity contribution in [2.24, 2.45) is 0 Å². The van der Waals surface area contributed by atoms with Crippen LogP contribution < -0.4 is 5.32 Å². The summed E-state index contributed by atoms with van der Waals surface area (Å²) in [7, 11) is 2.06. The lowest BCUT2D eigenvalue weighted by molar-refractivity contribution is 0.00866. The van der Waals surface area contributed by atoms with Crippen LogP contribution in [0, 0.1) is 0 Å². The topological polar surface area (TPSA) is 21.3 Å². The van der Waals surface area contributed by atoms with Crippen molar-refractivity contribution >= 4 is 0 Å². The summed E-state index contributed by atoms with van der Waals surface area (Å²) in [6.07, 6.45) is 7.74. The fourth-order valence-corrected chi connectivity index (χ4v) is 2.85. The summed E-state index contributed by atoms with van der Waals surface area (Å²) in [5, 5.41) is 3.44. The minimum atomic E-state index is 0.455. The van der Waals surface area contributed by atoms with Gasteiger partial charge in [-0.25, -0.2) is 0 Å². The Morgan fingerprint density at radius 3 is 2.63 bits per heavy atom. The number of benzene rings is 1. The largest absolute Gasteiger partial charge is 0.378 e. The molecule has 19 heavy (non-hydrogen) atoms. The van der Waals surface area contributed by atoms with Gasteiger partial charge in [0.1, 0.15) is 0 Å². The highest BCUT2D eigenvalue weighted by Crippen LogP contribution is 2.24. The summed E-state index contributed by atoms with van der Waals surface area (Å²) < 4.78 is 5.82. The first-order valence-electron chi connectivity index (χ1n) is 7.71. The van der Waals surface area contributed by atoms with Crippen molar-refractivity contribution in [2.75, 3.05) is 13.7 Å². The van der Waals surface area contributed by atoms with Gasteiger partial charge in [0.25, 0.3) is 0 Å². The van der Waals surface area contributed by atoms with E-state index < -0.39 is 0 Å². The third kappa shape index (κ3) is 4.32. The maximum atomic E-state index is 5.82. The Morgan fingerprint density at radius 2 is 2.05 bits per heavy atom. The van der Waals surface area contributed by atoms with E-state index in [0.29, 0.717) is 12.1 Å². The summed E-state index contributed by atoms with van der Waals surface area (Å²) in [4.78, 5) is 0. The third-order valence-corrected chi connectivity index (χ3v) is 4.19. The second kappa shape index (κ2) is 7.66. The molecular weight excluding hydrogens is 234 g/mol. The monoisotopic (exact) mass is 261 g/mol. The molecule has 2 atom stereocenters. The molecule has 2 rings (SSSR count). The van der Waals surface area contributed by atoms with Gasteiger partial charge < -0.3 is 10.1 Å². The van der Waals surface area contributed by atoms with Gasteiger partial charge in [0, 0.05) is 12.6 Å². The zero-order valence-electron chi connectivity index (χ0n) is 12.3. The number of ether oxygens (including phenoxy) is 1. The number of nitrogens with one attached hydrogen (secondary N) is 1. The fourth-order valence-electron chi connectivity index (χ4n) is 2.85. The molecule has 0 radical (unpaired) electrons. The molecule has 1 heterocycles. The van der Waals surface area contributed by atoms with Crippen LogP contribution in [0.2, 0.25) is 0 Å². The van der Waals surface area contributed by atoms with Crippen molar-refractivity contribution < 1.29 is 4.74 Å². The predicted octanol–water partition coefficient (Wildman–Crippen LogP) is 3.86. The molecule has 1 fully saturated rings. The van der Waals surface area contributed by atoms with Gasteiger partial charge in [0.2, 0.25) is 0 Å². The lowest BCUT2D eigenvalue weighted by Crippen LogP contribution is -2.23. The molecule has 0 spiro atoms. The standard InChI is InChI=1S/C17H27NO/c1-3-14-7-9-15(10-8-14)17(18-2)12-11-16-6-4-5-13-19-16/h7-10,16-18H,3-6,11-13H2,1-2H3. The van der Waals surface area contributed by atoms with Crippen LogP contribution in [-0.2, 0) is 11.2 Å². The number of hydrogen-bond acceptors (Lipinski definition) is 2. The Kier molecular flexibility index (Phi) is 5.87. The van der Waals surface area contributed by atoms with Gasteiger partial charge >= 0.3 is 0 Å². The van der Waals surface area contributed by atoms with E-state index in [-0.39, 0.29) is 0 Å². The number of aryl methyl sites for hydroxylation is 1. The van der Waals surface area contributed by atoms with Crippen LogP contribution in [0.3, 0.4) is 0 Å². The van der Waals surface area contributed by atoms with Gasteiger partial charge in [0.05, 0.1) is 6.10 Å². The van der Waals surface area contributed by atoms with Gasteiger partial charge in [0.15, 0.2) is 0 Å². The minimum absolute atomic E-state index is 0.455. The lowest BCUT2D eigenvalue weighted by Gasteiger charge is -2.25. The molecule has 1 aromatic rings. The lowest BCUT2D eigenvalue weighted by atomic mass is 9.96. The van der Waals surface area contributed by atoms with Crippen LogP contribution in [0.15, 0.2) is 24.3 Å². The maximum Gasteiger partial charge on any atom is 0.0575 e. The van der Waals surface area contributed by atoms with E-state index in [2.05, 4.69) is 43.6 Å². The van der Waals surface area contributed by atoms with Crippen molar-refractivity contribution in [3.05, 3.63) is 35.4 Å². The van der Waals surface area contributed by atoms with Crippen LogP contribution in [0.25, 0.3) is 0 Å². The average Bonchev–Trinajstić information content (AvgIpc) is 2.49. The molecule has 1 aromatic carbocycles. The van der Waals surface area contributed by atoms with E-state index in [9.17, 15) is 0 Å². The third-order valence-electron chi connectivity index (χ3n) is 4.19. The second-order valence-electron chi connectivity index (χ2n) is 5.50. The molecule has 2 heteroatoms. The molecular formula is C17H27NO. The smallest absolute Gasteiger partial charge is 0.0575 e. The Labute approximate surface area is 117 Å². The summed E-state index contributed by atoms with van der Waals surface area (Å²) in [5.41, 5.74) is 2.81. The maximum absolute atomic E-state index is 5.82. The summed E-state index contributed by atoms with van der Waals surface area (Å²) in [6, 6.07) is 9.48. The minimum Gasteiger partial charge on any atom is -0.378 e. The molecule has 1 N–H and O–H groups in total.